The first-order valence-electron chi connectivity index (χ1n) is 12.7. The highest BCUT2D eigenvalue weighted by Gasteiger charge is 2.64. The Morgan fingerprint density at radius 2 is 1.45 bits per heavy atom. The summed E-state index contributed by atoms with van der Waals surface area (Å²) < 4.78 is 35.0. The van der Waals surface area contributed by atoms with E-state index in [1.807, 2.05) is 43.3 Å². The van der Waals surface area contributed by atoms with Gasteiger partial charge in [0, 0.05) is 53.9 Å². The van der Waals surface area contributed by atoms with Crippen molar-refractivity contribution in [2.24, 2.45) is 0 Å². The predicted octanol–water partition coefficient (Wildman–Crippen LogP) is 2.83. The quantitative estimate of drug-likeness (QED) is 0.316. The van der Waals surface area contributed by atoms with Crippen molar-refractivity contribution in [1.82, 2.24) is 0 Å². The number of hydrogen-bond donors (Lipinski definition) is 0. The van der Waals surface area contributed by atoms with Crippen LogP contribution in [0.3, 0.4) is 0 Å². The molecule has 2 aromatic rings. The zero-order chi connectivity index (χ0) is 29.4. The lowest BCUT2D eigenvalue weighted by Crippen LogP contribution is -2.72. The first kappa shape index (κ1) is 30.4. The zero-order valence-corrected chi connectivity index (χ0v) is 23.4. The molecule has 0 saturated carbocycles. The minimum absolute atomic E-state index is 0.0478. The van der Waals surface area contributed by atoms with Crippen molar-refractivity contribution >= 4 is 29.6 Å². The summed E-state index contributed by atoms with van der Waals surface area (Å²) in [4.78, 5) is 50.9. The maximum atomic E-state index is 12.6. The van der Waals surface area contributed by atoms with Gasteiger partial charge in [-0.2, -0.15) is 0 Å². The maximum absolute atomic E-state index is 12.6. The summed E-state index contributed by atoms with van der Waals surface area (Å²) >= 11 is 0. The topological polar surface area (TPSA) is 127 Å². The lowest BCUT2D eigenvalue weighted by atomic mass is 9.80. The Balaban J connectivity index is 2.21. The van der Waals surface area contributed by atoms with Crippen LogP contribution in [0.5, 0.6) is 5.75 Å². The average Bonchev–Trinajstić information content (AvgIpc) is 2.87. The van der Waals surface area contributed by atoms with Crippen molar-refractivity contribution < 1.29 is 47.6 Å². The van der Waals surface area contributed by atoms with Crippen LogP contribution in [-0.4, -0.2) is 74.8 Å². The van der Waals surface area contributed by atoms with Gasteiger partial charge in [0.1, 0.15) is 18.5 Å². The molecule has 3 rings (SSSR count). The first-order chi connectivity index (χ1) is 18.9. The Bertz CT molecular complexity index is 1180. The second kappa shape index (κ2) is 13.3. The molecule has 0 aliphatic carbocycles. The van der Waals surface area contributed by atoms with Gasteiger partial charge in [-0.25, -0.2) is 0 Å². The van der Waals surface area contributed by atoms with Crippen molar-refractivity contribution in [3.05, 3.63) is 60.2 Å². The molecule has 11 nitrogen and oxygen atoms in total. The molecule has 11 heteroatoms. The molecule has 1 aliphatic rings. The van der Waals surface area contributed by atoms with E-state index in [0.717, 1.165) is 5.69 Å². The molecule has 0 aromatic heterocycles. The van der Waals surface area contributed by atoms with Crippen molar-refractivity contribution in [2.45, 2.75) is 64.3 Å². The smallest absolute Gasteiger partial charge is 0.303 e. The molecule has 0 spiro atoms. The number of benzene rings is 2. The zero-order valence-electron chi connectivity index (χ0n) is 23.4. The van der Waals surface area contributed by atoms with E-state index in [9.17, 15) is 19.2 Å². The molecule has 1 heterocycles. The number of anilines is 1. The van der Waals surface area contributed by atoms with Gasteiger partial charge in [-0.15, -0.1) is 0 Å². The van der Waals surface area contributed by atoms with Crippen LogP contribution < -0.4 is 9.64 Å². The van der Waals surface area contributed by atoms with Gasteiger partial charge in [0.15, 0.2) is 12.2 Å². The third kappa shape index (κ3) is 7.72. The molecule has 0 amide bonds. The Kier molecular flexibility index (Phi) is 10.1. The van der Waals surface area contributed by atoms with E-state index in [2.05, 4.69) is 0 Å². The minimum Gasteiger partial charge on any atom is -0.463 e. The molecular weight excluding hydrogens is 522 g/mol. The van der Waals surface area contributed by atoms with Crippen molar-refractivity contribution in [2.75, 3.05) is 25.6 Å². The summed E-state index contributed by atoms with van der Waals surface area (Å²) in [5.74, 6) is -2.40. The van der Waals surface area contributed by atoms with E-state index in [0.29, 0.717) is 11.3 Å². The van der Waals surface area contributed by atoms with Gasteiger partial charge in [0.05, 0.1) is 0 Å². The average molecular weight is 558 g/mol. The van der Waals surface area contributed by atoms with Gasteiger partial charge in [-0.3, -0.25) is 19.2 Å². The van der Waals surface area contributed by atoms with Gasteiger partial charge in [-0.1, -0.05) is 30.3 Å². The van der Waals surface area contributed by atoms with Crippen LogP contribution in [0, 0.1) is 0 Å². The normalized spacial score (nSPS) is 23.9. The molecule has 216 valence electrons. The largest absolute Gasteiger partial charge is 0.463 e. The van der Waals surface area contributed by atoms with Crippen LogP contribution in [0.4, 0.5) is 5.69 Å². The van der Waals surface area contributed by atoms with Gasteiger partial charge >= 0.3 is 23.9 Å². The first-order valence-corrected chi connectivity index (χ1v) is 12.7. The highest BCUT2D eigenvalue weighted by molar-refractivity contribution is 5.69. The Labute approximate surface area is 233 Å². The summed E-state index contributed by atoms with van der Waals surface area (Å²) in [6.45, 7) is 4.42. The third-order valence-electron chi connectivity index (χ3n) is 6.14. The molecule has 1 fully saturated rings. The van der Waals surface area contributed by atoms with E-state index in [-0.39, 0.29) is 13.0 Å². The second-order valence-electron chi connectivity index (χ2n) is 9.63. The van der Waals surface area contributed by atoms with E-state index < -0.39 is 54.1 Å². The summed E-state index contributed by atoms with van der Waals surface area (Å²) in [5.41, 5.74) is -0.216. The Morgan fingerprint density at radius 1 is 0.825 bits per heavy atom. The fourth-order valence-electron chi connectivity index (χ4n) is 4.54. The monoisotopic (exact) mass is 557 g/mol. The molecule has 0 bridgehead atoms. The van der Waals surface area contributed by atoms with Crippen LogP contribution >= 0.6 is 0 Å². The molecule has 0 unspecified atom stereocenters. The fraction of sp³-hybridized carbons (Fsp3) is 0.448. The van der Waals surface area contributed by atoms with Crippen LogP contribution in [-0.2, 0) is 49.3 Å². The van der Waals surface area contributed by atoms with E-state index in [1.54, 1.807) is 30.3 Å². The lowest BCUT2D eigenvalue weighted by Gasteiger charge is -2.51. The molecule has 0 radical (unpaired) electrons. The minimum atomic E-state index is -1.83. The number of rotatable bonds is 10. The Hall–Kier alpha value is -4.12. The molecule has 40 heavy (non-hydrogen) atoms. The summed E-state index contributed by atoms with van der Waals surface area (Å²) in [6.07, 6.45) is -5.30. The number of carbonyl (C=O) groups is 4. The summed E-state index contributed by atoms with van der Waals surface area (Å²) in [6, 6.07) is 16.0. The van der Waals surface area contributed by atoms with Gasteiger partial charge < -0.3 is 33.3 Å². The van der Waals surface area contributed by atoms with Gasteiger partial charge in [-0.05, 0) is 29.8 Å². The fourth-order valence-corrected chi connectivity index (χ4v) is 4.54. The highest BCUT2D eigenvalue weighted by atomic mass is 16.7. The Morgan fingerprint density at radius 3 is 1.98 bits per heavy atom. The van der Waals surface area contributed by atoms with E-state index in [4.69, 9.17) is 28.4 Å². The van der Waals surface area contributed by atoms with Crippen molar-refractivity contribution in [3.8, 4) is 5.75 Å². The van der Waals surface area contributed by atoms with Crippen LogP contribution in [0.25, 0.3) is 0 Å². The second-order valence-corrected chi connectivity index (χ2v) is 9.63. The number of para-hydroxylation sites is 1. The maximum Gasteiger partial charge on any atom is 0.303 e. The standard InChI is InChI=1S/C29H35NO10/c1-18(31)35-17-25-26(36-19(2)32)27(37-20(3)33)29(40-21(4)34,16-22-12-14-23(15-13-22)30(5)6)28(39-25)38-24-10-8-7-9-11-24/h7-15,25-28H,16-17H2,1-6H3/t25-,26-,27+,28+,29-/m1/s1. The van der Waals surface area contributed by atoms with E-state index in [1.165, 1.54) is 27.7 Å². The number of carbonyl (C=O) groups excluding carboxylic acids is 4. The summed E-state index contributed by atoms with van der Waals surface area (Å²) in [7, 11) is 3.80. The molecule has 0 N–H and O–H groups in total. The third-order valence-corrected chi connectivity index (χ3v) is 6.14. The van der Waals surface area contributed by atoms with Gasteiger partial charge in [0.25, 0.3) is 0 Å². The lowest BCUT2D eigenvalue weighted by molar-refractivity contribution is -0.326. The van der Waals surface area contributed by atoms with Crippen molar-refractivity contribution in [3.63, 3.8) is 0 Å². The summed E-state index contributed by atoms with van der Waals surface area (Å²) in [5, 5.41) is 0. The molecule has 1 aliphatic heterocycles. The molecule has 1 saturated heterocycles. The number of nitrogens with zero attached hydrogens (tertiary/aromatic N) is 1. The van der Waals surface area contributed by atoms with Gasteiger partial charge in [0.2, 0.25) is 11.9 Å². The molecule has 5 atom stereocenters. The number of ether oxygens (including phenoxy) is 6. The van der Waals surface area contributed by atoms with Crippen LogP contribution in [0.15, 0.2) is 54.6 Å². The van der Waals surface area contributed by atoms with Crippen LogP contribution in [0.2, 0.25) is 0 Å². The van der Waals surface area contributed by atoms with Crippen LogP contribution in [0.1, 0.15) is 33.3 Å². The number of hydrogen-bond acceptors (Lipinski definition) is 11. The molecular formula is C29H35NO10. The van der Waals surface area contributed by atoms with E-state index >= 15 is 0 Å². The molecule has 2 aromatic carbocycles. The SMILES string of the molecule is CC(=O)OC[C@H]1O[C@H](Oc2ccccc2)[C@](Cc2ccc(N(C)C)cc2)(OC(C)=O)[C@@H](OC(C)=O)[C@@H]1OC(C)=O. The predicted molar refractivity (Wildman–Crippen MR) is 142 cm³/mol. The van der Waals surface area contributed by atoms with Crippen molar-refractivity contribution in [1.29, 1.82) is 0 Å². The number of esters is 4. The highest BCUT2D eigenvalue weighted by Crippen LogP contribution is 2.41.